The molecule has 2 saturated heterocycles. The van der Waals surface area contributed by atoms with Crippen LogP contribution in [-0.2, 0) is 0 Å². The molecule has 2 fully saturated rings. The fraction of sp³-hybridized carbons (Fsp3) is 0.391. The van der Waals surface area contributed by atoms with E-state index >= 15 is 0 Å². The second kappa shape index (κ2) is 8.33. The molecule has 2 N–H and O–H groups in total. The summed E-state index contributed by atoms with van der Waals surface area (Å²) in [5, 5.41) is 4.02. The number of nitrogens with zero attached hydrogens (tertiary/aromatic N) is 2. The summed E-state index contributed by atoms with van der Waals surface area (Å²) in [6.45, 7) is 2.62. The van der Waals surface area contributed by atoms with Gasteiger partial charge in [-0.3, -0.25) is 4.79 Å². The molecule has 174 valence electrons. The Hall–Kier alpha value is -3.14. The number of carbonyl (C=O) groups excluding carboxylic acids is 1. The van der Waals surface area contributed by atoms with E-state index in [2.05, 4.69) is 20.0 Å². The van der Waals surface area contributed by atoms with Crippen molar-refractivity contribution < 1.29 is 27.1 Å². The van der Waals surface area contributed by atoms with Gasteiger partial charge in [0, 0.05) is 54.3 Å². The molecule has 0 unspecified atom stereocenters. The van der Waals surface area contributed by atoms with E-state index in [-0.39, 0.29) is 29.0 Å². The molecule has 1 aromatic carbocycles. The molecule has 0 radical (unpaired) electrons. The second-order valence-electron chi connectivity index (χ2n) is 8.50. The molecule has 0 atom stereocenters. The Bertz CT molecular complexity index is 1160. The number of ether oxygens (including phenoxy) is 1. The van der Waals surface area contributed by atoms with Gasteiger partial charge in [-0.05, 0) is 49.1 Å². The van der Waals surface area contributed by atoms with Gasteiger partial charge in [0.2, 0.25) is 0 Å². The van der Waals surface area contributed by atoms with Crippen molar-refractivity contribution in [2.24, 2.45) is 0 Å². The third kappa shape index (κ3) is 4.39. The molecule has 33 heavy (non-hydrogen) atoms. The number of alkyl halides is 3. The van der Waals surface area contributed by atoms with Crippen molar-refractivity contribution in [1.29, 1.82) is 0 Å². The molecular formula is C23H22F4N4O2. The minimum absolute atomic E-state index is 0.0507. The summed E-state index contributed by atoms with van der Waals surface area (Å²) >= 11 is 0. The molecule has 6 nitrogen and oxygen atoms in total. The van der Waals surface area contributed by atoms with Crippen molar-refractivity contribution in [3.63, 3.8) is 0 Å². The van der Waals surface area contributed by atoms with Crippen LogP contribution in [0.3, 0.4) is 0 Å². The molecule has 3 aromatic rings. The molecule has 2 aliphatic heterocycles. The van der Waals surface area contributed by atoms with E-state index in [1.54, 1.807) is 4.90 Å². The van der Waals surface area contributed by atoms with Crippen LogP contribution in [0.25, 0.3) is 11.0 Å². The van der Waals surface area contributed by atoms with E-state index in [1.165, 1.54) is 18.3 Å². The average molecular weight is 462 g/mol. The molecule has 2 aliphatic rings. The first kappa shape index (κ1) is 21.7. The van der Waals surface area contributed by atoms with Gasteiger partial charge in [-0.1, -0.05) is 0 Å². The number of H-pyrrole nitrogens is 1. The lowest BCUT2D eigenvalue weighted by atomic mass is 9.87. The van der Waals surface area contributed by atoms with Gasteiger partial charge >= 0.3 is 6.36 Å². The maximum atomic E-state index is 14.8. The summed E-state index contributed by atoms with van der Waals surface area (Å²) in [5.74, 6) is -0.662. The highest BCUT2D eigenvalue weighted by Crippen LogP contribution is 2.36. The fourth-order valence-corrected chi connectivity index (χ4v) is 4.59. The summed E-state index contributed by atoms with van der Waals surface area (Å²) in [7, 11) is 0. The molecular weight excluding hydrogens is 440 g/mol. The zero-order valence-corrected chi connectivity index (χ0v) is 17.6. The minimum Gasteiger partial charge on any atom is -0.406 e. The number of fused-ring (bicyclic) bond motifs is 1. The smallest absolute Gasteiger partial charge is 0.406 e. The van der Waals surface area contributed by atoms with Crippen molar-refractivity contribution >= 4 is 16.9 Å². The van der Waals surface area contributed by atoms with Crippen molar-refractivity contribution in [3.8, 4) is 5.75 Å². The molecule has 1 amide bonds. The third-order valence-electron chi connectivity index (χ3n) is 6.42. The monoisotopic (exact) mass is 462 g/mol. The topological polar surface area (TPSA) is 70.2 Å². The number of hydrogen-bond donors (Lipinski definition) is 2. The van der Waals surface area contributed by atoms with Gasteiger partial charge in [0.1, 0.15) is 17.2 Å². The molecule has 4 heterocycles. The summed E-state index contributed by atoms with van der Waals surface area (Å²) < 4.78 is 55.6. The molecule has 10 heteroatoms. The van der Waals surface area contributed by atoms with Crippen molar-refractivity contribution in [2.45, 2.75) is 31.0 Å². The van der Waals surface area contributed by atoms with Crippen LogP contribution in [0.5, 0.6) is 5.75 Å². The average Bonchev–Trinajstić information content (AvgIpc) is 3.15. The number of likely N-dealkylation sites (tertiary alicyclic amines) is 1. The molecule has 0 bridgehead atoms. The minimum atomic E-state index is -4.78. The highest BCUT2D eigenvalue weighted by Gasteiger charge is 2.32. The number of hydrogen-bond acceptors (Lipinski definition) is 4. The molecule has 0 saturated carbocycles. The first-order chi connectivity index (χ1) is 15.8. The number of halogens is 4. The Morgan fingerprint density at radius 2 is 1.79 bits per heavy atom. The molecule has 2 aromatic heterocycles. The maximum absolute atomic E-state index is 14.8. The Labute approximate surface area is 186 Å². The van der Waals surface area contributed by atoms with E-state index in [9.17, 15) is 22.4 Å². The number of amides is 1. The lowest BCUT2D eigenvalue weighted by Gasteiger charge is -2.32. The Morgan fingerprint density at radius 1 is 1.09 bits per heavy atom. The number of carbonyl (C=O) groups is 1. The largest absolute Gasteiger partial charge is 0.573 e. The molecule has 0 aliphatic carbocycles. The zero-order chi connectivity index (χ0) is 23.2. The quantitative estimate of drug-likeness (QED) is 0.567. The first-order valence-electron chi connectivity index (χ1n) is 10.8. The van der Waals surface area contributed by atoms with E-state index < -0.39 is 6.36 Å². The lowest BCUT2D eigenvalue weighted by Crippen LogP contribution is -2.40. The summed E-state index contributed by atoms with van der Waals surface area (Å²) in [6.07, 6.45) is -2.36. The van der Waals surface area contributed by atoms with Gasteiger partial charge in [-0.25, -0.2) is 9.37 Å². The number of aromatic nitrogens is 2. The van der Waals surface area contributed by atoms with Crippen molar-refractivity contribution in [3.05, 3.63) is 59.2 Å². The highest BCUT2D eigenvalue weighted by atomic mass is 19.4. The van der Waals surface area contributed by atoms with E-state index in [1.807, 2.05) is 6.07 Å². The summed E-state index contributed by atoms with van der Waals surface area (Å²) in [5.41, 5.74) is 2.64. The molecule has 0 spiro atoms. The maximum Gasteiger partial charge on any atom is 0.573 e. The predicted octanol–water partition coefficient (Wildman–Crippen LogP) is 4.31. The number of rotatable bonds is 4. The van der Waals surface area contributed by atoms with E-state index in [4.69, 9.17) is 0 Å². The third-order valence-corrected chi connectivity index (χ3v) is 6.42. The van der Waals surface area contributed by atoms with Crippen molar-refractivity contribution in [2.75, 3.05) is 26.2 Å². The fourth-order valence-electron chi connectivity index (χ4n) is 4.59. The van der Waals surface area contributed by atoms with Gasteiger partial charge in [0.15, 0.2) is 0 Å². The highest BCUT2D eigenvalue weighted by molar-refractivity contribution is 5.94. The number of pyridine rings is 1. The van der Waals surface area contributed by atoms with Crippen LogP contribution in [0.2, 0.25) is 0 Å². The zero-order valence-electron chi connectivity index (χ0n) is 17.6. The Kier molecular flexibility index (Phi) is 5.48. The summed E-state index contributed by atoms with van der Waals surface area (Å²) in [4.78, 5) is 22.0. The Morgan fingerprint density at radius 3 is 2.39 bits per heavy atom. The number of aromatic amines is 1. The second-order valence-corrected chi connectivity index (χ2v) is 8.50. The van der Waals surface area contributed by atoms with Crippen molar-refractivity contribution in [1.82, 2.24) is 20.2 Å². The SMILES string of the molecule is O=C(c1ccc(OC(F)(F)F)cc1)N1CCC(c2c(F)cnc3[nH]c(C4CNC4)cc23)CC1. The van der Waals surface area contributed by atoms with E-state index in [0.717, 1.165) is 36.3 Å². The van der Waals surface area contributed by atoms with Crippen LogP contribution < -0.4 is 10.1 Å². The number of benzene rings is 1. The van der Waals surface area contributed by atoms with Gasteiger partial charge in [0.05, 0.1) is 6.20 Å². The molecule has 5 rings (SSSR count). The number of nitrogens with one attached hydrogen (secondary N) is 2. The van der Waals surface area contributed by atoms with Crippen LogP contribution in [0.15, 0.2) is 36.5 Å². The standard InChI is InChI=1S/C23H22F4N4O2/c24-18-12-29-21-17(9-19(30-21)15-10-28-11-15)20(18)13-5-7-31(8-6-13)22(32)14-1-3-16(4-2-14)33-23(25,26)27/h1-4,9,12-13,15,28H,5-8,10-11H2,(H,29,30). The van der Waals surface area contributed by atoms with Crippen LogP contribution >= 0.6 is 0 Å². The Balaban J connectivity index is 1.28. The van der Waals surface area contributed by atoms with Crippen LogP contribution in [-0.4, -0.2) is 53.3 Å². The van der Waals surface area contributed by atoms with Gasteiger partial charge in [-0.15, -0.1) is 13.2 Å². The van der Waals surface area contributed by atoms with Gasteiger partial charge < -0.3 is 19.9 Å². The first-order valence-corrected chi connectivity index (χ1v) is 10.8. The number of piperidine rings is 1. The van der Waals surface area contributed by atoms with Crippen LogP contribution in [0.4, 0.5) is 17.6 Å². The van der Waals surface area contributed by atoms with E-state index in [0.29, 0.717) is 43.1 Å². The van der Waals surface area contributed by atoms with Crippen LogP contribution in [0, 0.1) is 5.82 Å². The normalized spacial score (nSPS) is 17.9. The van der Waals surface area contributed by atoms with Gasteiger partial charge in [-0.2, -0.15) is 0 Å². The predicted molar refractivity (Wildman–Crippen MR) is 113 cm³/mol. The van der Waals surface area contributed by atoms with Gasteiger partial charge in [0.25, 0.3) is 5.91 Å². The lowest BCUT2D eigenvalue weighted by molar-refractivity contribution is -0.274. The van der Waals surface area contributed by atoms with Crippen LogP contribution in [0.1, 0.15) is 46.3 Å². The summed E-state index contributed by atoms with van der Waals surface area (Å²) in [6, 6.07) is 6.88.